The molecule has 0 atom stereocenters. The molecule has 1 aromatic rings. The zero-order chi connectivity index (χ0) is 7.89. The number of hydrogen-bond acceptors (Lipinski definition) is 3. The van der Waals surface area contributed by atoms with Gasteiger partial charge in [-0.05, 0) is 11.8 Å². The summed E-state index contributed by atoms with van der Waals surface area (Å²) in [7, 11) is 0. The number of aromatic nitrogens is 2. The van der Waals surface area contributed by atoms with Gasteiger partial charge in [0.05, 0.1) is 0 Å². The molecular weight excluding hydrogens is 136 g/mol. The minimum absolute atomic E-state index is 0.0972. The van der Waals surface area contributed by atoms with Gasteiger partial charge in [-0.25, -0.2) is 0 Å². The normalized spacial score (nSPS) is 10.2. The summed E-state index contributed by atoms with van der Waals surface area (Å²) >= 11 is 0. The Labute approximate surface area is 57.3 Å². The van der Waals surface area contributed by atoms with Crippen molar-refractivity contribution in [1.29, 1.82) is 0 Å². The van der Waals surface area contributed by atoms with Gasteiger partial charge in [-0.1, -0.05) is 0 Å². The van der Waals surface area contributed by atoms with Gasteiger partial charge in [-0.15, -0.1) is 0 Å². The Morgan fingerprint density at radius 3 is 2.10 bits per heavy atom. The van der Waals surface area contributed by atoms with Crippen molar-refractivity contribution in [1.82, 2.24) is 4.85 Å². The molecule has 1 aromatic heterocycles. The highest BCUT2D eigenvalue weighted by atomic mass is 16.6. The maximum absolute atomic E-state index is 10.7. The molecule has 0 unspecified atom stereocenters. The van der Waals surface area contributed by atoms with E-state index in [1.54, 1.807) is 0 Å². The SMILES string of the molecule is Cc1c(O)c(C)[n+]([O-])n1O. The first kappa shape index (κ1) is 6.73. The first-order valence-electron chi connectivity index (χ1n) is 2.75. The Morgan fingerprint density at radius 2 is 2.00 bits per heavy atom. The molecule has 0 spiro atoms. The molecule has 1 rings (SSSR count). The van der Waals surface area contributed by atoms with Crippen LogP contribution in [0.15, 0.2) is 0 Å². The van der Waals surface area contributed by atoms with Crippen molar-refractivity contribution < 1.29 is 15.2 Å². The molecule has 0 bridgehead atoms. The molecule has 1 heterocycles. The van der Waals surface area contributed by atoms with E-state index >= 15 is 0 Å². The summed E-state index contributed by atoms with van der Waals surface area (Å²) in [6.45, 7) is 2.86. The van der Waals surface area contributed by atoms with Crippen molar-refractivity contribution in [2.45, 2.75) is 13.8 Å². The predicted octanol–water partition coefficient (Wildman–Crippen LogP) is -0.319. The molecule has 0 aliphatic rings. The van der Waals surface area contributed by atoms with Gasteiger partial charge in [0.1, 0.15) is 0 Å². The summed E-state index contributed by atoms with van der Waals surface area (Å²) in [5.41, 5.74) is 0.243. The van der Waals surface area contributed by atoms with Crippen molar-refractivity contribution in [2.75, 3.05) is 0 Å². The van der Waals surface area contributed by atoms with E-state index in [4.69, 9.17) is 10.3 Å². The third kappa shape index (κ3) is 0.601. The topological polar surface area (TPSA) is 72.3 Å². The van der Waals surface area contributed by atoms with Crippen LogP contribution in [0.3, 0.4) is 0 Å². The zero-order valence-electron chi connectivity index (χ0n) is 5.70. The van der Waals surface area contributed by atoms with Crippen LogP contribution in [0.1, 0.15) is 11.4 Å². The van der Waals surface area contributed by atoms with E-state index in [0.29, 0.717) is 4.85 Å². The minimum Gasteiger partial charge on any atom is -0.593 e. The van der Waals surface area contributed by atoms with Crippen LogP contribution in [0.5, 0.6) is 5.75 Å². The highest BCUT2D eigenvalue weighted by Crippen LogP contribution is 2.16. The molecule has 0 saturated heterocycles. The molecule has 0 aliphatic carbocycles. The van der Waals surface area contributed by atoms with Crippen LogP contribution < -0.4 is 4.85 Å². The van der Waals surface area contributed by atoms with E-state index in [2.05, 4.69) is 0 Å². The second-order valence-electron chi connectivity index (χ2n) is 2.08. The second kappa shape index (κ2) is 1.80. The predicted molar refractivity (Wildman–Crippen MR) is 31.7 cm³/mol. The van der Waals surface area contributed by atoms with Crippen molar-refractivity contribution in [3.8, 4) is 5.75 Å². The first-order chi connectivity index (χ1) is 4.55. The molecule has 56 valence electrons. The molecule has 0 aliphatic heterocycles. The van der Waals surface area contributed by atoms with Crippen LogP contribution in [-0.2, 0) is 0 Å². The number of aromatic hydroxyl groups is 1. The second-order valence-corrected chi connectivity index (χ2v) is 2.08. The average molecular weight is 144 g/mol. The molecule has 5 nitrogen and oxygen atoms in total. The molecule has 0 aromatic carbocycles. The van der Waals surface area contributed by atoms with Gasteiger partial charge >= 0.3 is 0 Å². The van der Waals surface area contributed by atoms with Gasteiger partial charge < -0.3 is 15.5 Å². The van der Waals surface area contributed by atoms with Crippen LogP contribution in [0.25, 0.3) is 0 Å². The molecule has 0 saturated carbocycles. The van der Waals surface area contributed by atoms with Crippen LogP contribution in [0, 0.1) is 19.1 Å². The summed E-state index contributed by atoms with van der Waals surface area (Å²) < 4.78 is 0. The number of nitrogens with zero attached hydrogens (tertiary/aromatic N) is 2. The van der Waals surface area contributed by atoms with Crippen LogP contribution in [0.2, 0.25) is 0 Å². The number of rotatable bonds is 0. The molecular formula is C5H8N2O3. The van der Waals surface area contributed by atoms with E-state index in [1.807, 2.05) is 0 Å². The molecule has 10 heavy (non-hydrogen) atoms. The molecule has 0 radical (unpaired) electrons. The van der Waals surface area contributed by atoms with E-state index in [0.717, 1.165) is 0 Å². The van der Waals surface area contributed by atoms with E-state index in [-0.39, 0.29) is 22.0 Å². The van der Waals surface area contributed by atoms with Gasteiger partial charge in [0.2, 0.25) is 5.75 Å². The van der Waals surface area contributed by atoms with Crippen molar-refractivity contribution in [3.63, 3.8) is 0 Å². The Balaban J connectivity index is 3.44. The fourth-order valence-electron chi connectivity index (χ4n) is 0.725. The fraction of sp³-hybridized carbons (Fsp3) is 0.400. The van der Waals surface area contributed by atoms with Gasteiger partial charge in [0, 0.05) is 11.8 Å². The number of hydrogen-bond donors (Lipinski definition) is 2. The third-order valence-corrected chi connectivity index (χ3v) is 1.44. The van der Waals surface area contributed by atoms with Crippen molar-refractivity contribution in [3.05, 3.63) is 16.6 Å². The summed E-state index contributed by atoms with van der Waals surface area (Å²) in [5, 5.41) is 28.5. The third-order valence-electron chi connectivity index (χ3n) is 1.44. The quantitative estimate of drug-likeness (QED) is 0.298. The summed E-state index contributed by atoms with van der Waals surface area (Å²) in [6, 6.07) is 0. The van der Waals surface area contributed by atoms with Crippen molar-refractivity contribution >= 4 is 0 Å². The smallest absolute Gasteiger partial charge is 0.263 e. The molecule has 0 amide bonds. The van der Waals surface area contributed by atoms with Gasteiger partial charge in [0.25, 0.3) is 5.69 Å². The zero-order valence-corrected chi connectivity index (χ0v) is 5.70. The largest absolute Gasteiger partial charge is 0.593 e. The van der Waals surface area contributed by atoms with E-state index < -0.39 is 0 Å². The summed E-state index contributed by atoms with van der Waals surface area (Å²) in [6.07, 6.45) is 0. The standard InChI is InChI=1S/C5H8N2O3/c1-3-5(8)4(2)7(10)6(3)9/h8-9H,1-2H3. The van der Waals surface area contributed by atoms with Crippen LogP contribution in [-0.4, -0.2) is 15.2 Å². The maximum atomic E-state index is 10.7. The molecule has 5 heteroatoms. The lowest BCUT2D eigenvalue weighted by Crippen LogP contribution is -2.38. The first-order valence-corrected chi connectivity index (χ1v) is 2.75. The van der Waals surface area contributed by atoms with E-state index in [1.165, 1.54) is 13.8 Å². The van der Waals surface area contributed by atoms with Crippen LogP contribution in [0.4, 0.5) is 0 Å². The fourth-order valence-corrected chi connectivity index (χ4v) is 0.725. The summed E-state index contributed by atoms with van der Waals surface area (Å²) in [4.78, 5) is 0.565. The highest BCUT2D eigenvalue weighted by Gasteiger charge is 2.19. The van der Waals surface area contributed by atoms with Gasteiger partial charge in [0.15, 0.2) is 5.69 Å². The lowest BCUT2D eigenvalue weighted by molar-refractivity contribution is -0.731. The minimum atomic E-state index is -0.169. The van der Waals surface area contributed by atoms with Gasteiger partial charge in [-0.3, -0.25) is 0 Å². The Morgan fingerprint density at radius 1 is 1.50 bits per heavy atom. The lowest BCUT2D eigenvalue weighted by atomic mass is 10.4. The monoisotopic (exact) mass is 144 g/mol. The highest BCUT2D eigenvalue weighted by molar-refractivity contribution is 5.25. The maximum Gasteiger partial charge on any atom is 0.263 e. The molecule has 2 N–H and O–H groups in total. The Kier molecular flexibility index (Phi) is 1.21. The van der Waals surface area contributed by atoms with E-state index in [9.17, 15) is 5.21 Å². The molecule has 0 fully saturated rings. The Hall–Kier alpha value is -1.39. The van der Waals surface area contributed by atoms with Crippen molar-refractivity contribution in [2.24, 2.45) is 0 Å². The lowest BCUT2D eigenvalue weighted by Gasteiger charge is -1.93. The van der Waals surface area contributed by atoms with Crippen LogP contribution >= 0.6 is 0 Å². The average Bonchev–Trinajstić information content (AvgIpc) is 2.07. The Bertz CT molecular complexity index is 186. The summed E-state index contributed by atoms with van der Waals surface area (Å²) in [5.74, 6) is -0.169. The van der Waals surface area contributed by atoms with Gasteiger partial charge in [-0.2, -0.15) is 0 Å².